The molecule has 1 aliphatic heterocycles. The van der Waals surface area contributed by atoms with Crippen molar-refractivity contribution < 1.29 is 9.59 Å². The van der Waals surface area contributed by atoms with Crippen molar-refractivity contribution in [2.45, 2.75) is 23.4 Å². The second-order valence-corrected chi connectivity index (χ2v) is 10.1. The van der Waals surface area contributed by atoms with Crippen LogP contribution in [0.2, 0.25) is 10.0 Å². The highest BCUT2D eigenvalue weighted by Crippen LogP contribution is 2.32. The smallest absolute Gasteiger partial charge is 0.231 e. The first-order valence-corrected chi connectivity index (χ1v) is 12.0. The molecule has 0 radical (unpaired) electrons. The molecule has 2 heterocycles. The van der Waals surface area contributed by atoms with Gasteiger partial charge in [0.2, 0.25) is 16.9 Å². The van der Waals surface area contributed by atoms with Crippen molar-refractivity contribution in [2.24, 2.45) is 5.92 Å². The van der Waals surface area contributed by atoms with E-state index in [-0.39, 0.29) is 18.2 Å². The van der Waals surface area contributed by atoms with Gasteiger partial charge in [0.1, 0.15) is 0 Å². The van der Waals surface area contributed by atoms with Gasteiger partial charge in [-0.3, -0.25) is 9.59 Å². The van der Waals surface area contributed by atoms with Crippen molar-refractivity contribution in [3.8, 4) is 0 Å². The maximum absolute atomic E-state index is 12.7. The summed E-state index contributed by atoms with van der Waals surface area (Å²) in [7, 11) is 0. The van der Waals surface area contributed by atoms with E-state index in [0.29, 0.717) is 27.5 Å². The molecule has 0 spiro atoms. The number of aromatic nitrogens is 2. The molecule has 1 fully saturated rings. The fraction of sp³-hybridized carbons (Fsp3) is 0.238. The second kappa shape index (κ2) is 9.56. The number of aryl methyl sites for hydroxylation is 1. The highest BCUT2D eigenvalue weighted by molar-refractivity contribution is 8.00. The van der Waals surface area contributed by atoms with E-state index < -0.39 is 5.92 Å². The first kappa shape index (κ1) is 22.1. The van der Waals surface area contributed by atoms with E-state index in [9.17, 15) is 9.59 Å². The number of carbonyl (C=O) groups excluding carboxylic acids is 2. The van der Waals surface area contributed by atoms with Crippen molar-refractivity contribution in [1.82, 2.24) is 10.2 Å². The molecule has 1 aliphatic rings. The Balaban J connectivity index is 1.34. The topological polar surface area (TPSA) is 75.2 Å². The molecule has 4 rings (SSSR count). The zero-order chi connectivity index (χ0) is 22.0. The molecule has 31 heavy (non-hydrogen) atoms. The number of nitrogens with zero attached hydrogens (tertiary/aromatic N) is 3. The van der Waals surface area contributed by atoms with E-state index in [2.05, 4.69) is 15.5 Å². The van der Waals surface area contributed by atoms with E-state index >= 15 is 0 Å². The summed E-state index contributed by atoms with van der Waals surface area (Å²) >= 11 is 14.8. The first-order chi connectivity index (χ1) is 14.9. The first-order valence-electron chi connectivity index (χ1n) is 9.48. The molecule has 160 valence electrons. The van der Waals surface area contributed by atoms with E-state index in [4.69, 9.17) is 23.2 Å². The highest BCUT2D eigenvalue weighted by atomic mass is 35.5. The summed E-state index contributed by atoms with van der Waals surface area (Å²) in [6.07, 6.45) is 0.178. The Morgan fingerprint density at radius 3 is 2.81 bits per heavy atom. The zero-order valence-electron chi connectivity index (χ0n) is 16.5. The molecule has 1 aromatic heterocycles. The second-order valence-electron chi connectivity index (χ2n) is 7.09. The molecule has 0 bridgehead atoms. The average Bonchev–Trinajstić information content (AvgIpc) is 3.36. The third kappa shape index (κ3) is 5.20. The third-order valence-electron chi connectivity index (χ3n) is 4.88. The molecular formula is C21H18Cl2N4O2S2. The van der Waals surface area contributed by atoms with Crippen molar-refractivity contribution >= 4 is 68.9 Å². The van der Waals surface area contributed by atoms with Gasteiger partial charge in [0.25, 0.3) is 0 Å². The Morgan fingerprint density at radius 1 is 1.23 bits per heavy atom. The minimum absolute atomic E-state index is 0.0513. The van der Waals surface area contributed by atoms with Gasteiger partial charge in [0, 0.05) is 24.4 Å². The van der Waals surface area contributed by atoms with Crippen molar-refractivity contribution in [3.05, 3.63) is 63.6 Å². The minimum Gasteiger partial charge on any atom is -0.311 e. The molecule has 1 saturated heterocycles. The van der Waals surface area contributed by atoms with Crippen molar-refractivity contribution in [1.29, 1.82) is 0 Å². The van der Waals surface area contributed by atoms with Gasteiger partial charge in [-0.05, 0) is 36.2 Å². The lowest BCUT2D eigenvalue weighted by Gasteiger charge is -2.18. The summed E-state index contributed by atoms with van der Waals surface area (Å²) in [5.74, 6) is -0.0448. The van der Waals surface area contributed by atoms with Crippen LogP contribution >= 0.6 is 46.3 Å². The fourth-order valence-corrected chi connectivity index (χ4v) is 5.30. The maximum Gasteiger partial charge on any atom is 0.231 e. The standard InChI is InChI=1S/C21H18Cl2N4O2S2/c1-12-4-2-3-5-17(12)27-10-14(9-18(27)28)19(29)24-20-25-26-21(31-20)30-11-13-6-7-15(22)16(23)8-13/h2-8,14H,9-11H2,1H3,(H,24,25,29). The largest absolute Gasteiger partial charge is 0.311 e. The molecule has 1 atom stereocenters. The summed E-state index contributed by atoms with van der Waals surface area (Å²) in [5, 5.41) is 12.4. The molecule has 0 aliphatic carbocycles. The van der Waals surface area contributed by atoms with Gasteiger partial charge >= 0.3 is 0 Å². The molecule has 1 N–H and O–H groups in total. The molecule has 3 aromatic rings. The quantitative estimate of drug-likeness (QED) is 0.366. The SMILES string of the molecule is Cc1ccccc1N1CC(C(=O)Nc2nnc(SCc3ccc(Cl)c(Cl)c3)s2)CC1=O. The van der Waals surface area contributed by atoms with Gasteiger partial charge in [0.05, 0.1) is 16.0 Å². The molecule has 0 saturated carbocycles. The third-order valence-corrected chi connectivity index (χ3v) is 7.67. The Bertz CT molecular complexity index is 1140. The summed E-state index contributed by atoms with van der Waals surface area (Å²) in [5.41, 5.74) is 2.87. The van der Waals surface area contributed by atoms with Crippen molar-refractivity contribution in [3.63, 3.8) is 0 Å². The normalized spacial score (nSPS) is 16.0. The molecule has 2 aromatic carbocycles. The lowest BCUT2D eigenvalue weighted by Crippen LogP contribution is -2.28. The van der Waals surface area contributed by atoms with Crippen LogP contribution in [-0.4, -0.2) is 28.6 Å². The summed E-state index contributed by atoms with van der Waals surface area (Å²) < 4.78 is 0.727. The average molecular weight is 493 g/mol. The van der Waals surface area contributed by atoms with E-state index in [1.165, 1.54) is 23.1 Å². The van der Waals surface area contributed by atoms with Crippen LogP contribution in [0.1, 0.15) is 17.5 Å². The number of halogens is 2. The van der Waals surface area contributed by atoms with Crippen LogP contribution in [0.15, 0.2) is 46.8 Å². The fourth-order valence-electron chi connectivity index (χ4n) is 3.28. The van der Waals surface area contributed by atoms with Crippen LogP contribution in [0.3, 0.4) is 0 Å². The Kier molecular flexibility index (Phi) is 6.81. The molecule has 10 heteroatoms. The Hall–Kier alpha value is -2.13. The van der Waals surface area contributed by atoms with Crippen molar-refractivity contribution in [2.75, 3.05) is 16.8 Å². The lowest BCUT2D eigenvalue weighted by atomic mass is 10.1. The summed E-state index contributed by atoms with van der Waals surface area (Å²) in [4.78, 5) is 26.8. The van der Waals surface area contributed by atoms with Gasteiger partial charge in [-0.2, -0.15) is 0 Å². The van der Waals surface area contributed by atoms with Crippen LogP contribution in [0, 0.1) is 12.8 Å². The number of amides is 2. The molecule has 1 unspecified atom stereocenters. The number of benzene rings is 2. The van der Waals surface area contributed by atoms with E-state index in [0.717, 1.165) is 21.2 Å². The van der Waals surface area contributed by atoms with E-state index in [1.807, 2.05) is 43.3 Å². The number of rotatable bonds is 6. The molecule has 2 amide bonds. The van der Waals surface area contributed by atoms with Crippen LogP contribution in [-0.2, 0) is 15.3 Å². The molecular weight excluding hydrogens is 475 g/mol. The van der Waals surface area contributed by atoms with Crippen LogP contribution in [0.5, 0.6) is 0 Å². The highest BCUT2D eigenvalue weighted by Gasteiger charge is 2.36. The van der Waals surface area contributed by atoms with Crippen LogP contribution in [0.25, 0.3) is 0 Å². The maximum atomic E-state index is 12.7. The number of hydrogen-bond donors (Lipinski definition) is 1. The summed E-state index contributed by atoms with van der Waals surface area (Å²) in [6, 6.07) is 13.1. The van der Waals surface area contributed by atoms with E-state index in [1.54, 1.807) is 11.0 Å². The van der Waals surface area contributed by atoms with Gasteiger partial charge in [-0.25, -0.2) is 0 Å². The number of thioether (sulfide) groups is 1. The predicted molar refractivity (Wildman–Crippen MR) is 126 cm³/mol. The lowest BCUT2D eigenvalue weighted by molar-refractivity contribution is -0.122. The monoisotopic (exact) mass is 492 g/mol. The number of hydrogen-bond acceptors (Lipinski definition) is 6. The van der Waals surface area contributed by atoms with Crippen LogP contribution in [0.4, 0.5) is 10.8 Å². The zero-order valence-corrected chi connectivity index (χ0v) is 19.6. The number of anilines is 2. The van der Waals surface area contributed by atoms with Gasteiger partial charge in [0.15, 0.2) is 4.34 Å². The predicted octanol–water partition coefficient (Wildman–Crippen LogP) is 5.44. The number of nitrogens with one attached hydrogen (secondary N) is 1. The minimum atomic E-state index is -0.427. The Labute approximate surface area is 198 Å². The number of carbonyl (C=O) groups is 2. The van der Waals surface area contributed by atoms with Gasteiger partial charge in [-0.1, -0.05) is 70.6 Å². The van der Waals surface area contributed by atoms with Gasteiger partial charge in [-0.15, -0.1) is 10.2 Å². The number of para-hydroxylation sites is 1. The van der Waals surface area contributed by atoms with Crippen LogP contribution < -0.4 is 10.2 Å². The Morgan fingerprint density at radius 2 is 2.03 bits per heavy atom. The van der Waals surface area contributed by atoms with Gasteiger partial charge < -0.3 is 10.2 Å². The summed E-state index contributed by atoms with van der Waals surface area (Å²) in [6.45, 7) is 2.31. The molecule has 6 nitrogen and oxygen atoms in total.